The first-order chi connectivity index (χ1) is 9.90. The van der Waals surface area contributed by atoms with Gasteiger partial charge in [-0.15, -0.1) is 5.10 Å². The number of aryl methyl sites for hydroxylation is 1. The molecule has 0 radical (unpaired) electrons. The van der Waals surface area contributed by atoms with E-state index < -0.39 is 11.7 Å². The molecule has 0 aliphatic rings. The predicted molar refractivity (Wildman–Crippen MR) is 74.1 cm³/mol. The first kappa shape index (κ1) is 15.8. The maximum absolute atomic E-state index is 13.1. The molecule has 2 N–H and O–H groups in total. The van der Waals surface area contributed by atoms with E-state index in [1.807, 2.05) is 6.92 Å². The van der Waals surface area contributed by atoms with Gasteiger partial charge in [0.05, 0.1) is 5.56 Å². The van der Waals surface area contributed by atoms with E-state index in [0.717, 1.165) is 17.8 Å². The molecule has 1 aromatic carbocycles. The number of benzene rings is 1. The van der Waals surface area contributed by atoms with Crippen molar-refractivity contribution in [1.29, 1.82) is 0 Å². The number of aromatic amines is 1. The molecule has 114 valence electrons. The van der Waals surface area contributed by atoms with Gasteiger partial charge >= 0.3 is 6.18 Å². The largest absolute Gasteiger partial charge is 0.416 e. The van der Waals surface area contributed by atoms with Crippen molar-refractivity contribution in [3.8, 4) is 0 Å². The fourth-order valence-corrected chi connectivity index (χ4v) is 2.57. The maximum Gasteiger partial charge on any atom is 0.416 e. The molecule has 0 fully saturated rings. The van der Waals surface area contributed by atoms with Crippen LogP contribution in [-0.2, 0) is 12.7 Å². The van der Waals surface area contributed by atoms with Crippen LogP contribution in [0.4, 0.5) is 13.2 Å². The second-order valence-electron chi connectivity index (χ2n) is 4.40. The highest BCUT2D eigenvalue weighted by Gasteiger charge is 2.33. The average Bonchev–Trinajstić information content (AvgIpc) is 2.81. The first-order valence-corrected chi connectivity index (χ1v) is 7.19. The number of hydrogen-bond donors (Lipinski definition) is 2. The van der Waals surface area contributed by atoms with Gasteiger partial charge in [0, 0.05) is 11.4 Å². The van der Waals surface area contributed by atoms with Gasteiger partial charge in [-0.25, -0.2) is 4.98 Å². The SMILES string of the molecule is CCNCc1ccc(Sc2n[nH]c(C)n2)cc1C(F)(F)F. The lowest BCUT2D eigenvalue weighted by atomic mass is 10.1. The summed E-state index contributed by atoms with van der Waals surface area (Å²) in [6, 6.07) is 4.29. The zero-order valence-corrected chi connectivity index (χ0v) is 12.4. The van der Waals surface area contributed by atoms with Crippen molar-refractivity contribution in [1.82, 2.24) is 20.5 Å². The zero-order chi connectivity index (χ0) is 15.5. The van der Waals surface area contributed by atoms with Crippen molar-refractivity contribution in [2.24, 2.45) is 0 Å². The molecular weight excluding hydrogens is 301 g/mol. The minimum atomic E-state index is -4.38. The molecule has 2 rings (SSSR count). The van der Waals surface area contributed by atoms with Crippen LogP contribution in [0.1, 0.15) is 23.9 Å². The second-order valence-corrected chi connectivity index (χ2v) is 5.44. The summed E-state index contributed by atoms with van der Waals surface area (Å²) in [7, 11) is 0. The normalized spacial score (nSPS) is 11.9. The summed E-state index contributed by atoms with van der Waals surface area (Å²) in [5.41, 5.74) is -0.388. The minimum absolute atomic E-state index is 0.191. The molecule has 0 saturated heterocycles. The summed E-state index contributed by atoms with van der Waals surface area (Å²) in [6.07, 6.45) is -4.38. The molecule has 4 nitrogen and oxygen atoms in total. The van der Waals surface area contributed by atoms with E-state index in [-0.39, 0.29) is 12.1 Å². The van der Waals surface area contributed by atoms with Gasteiger partial charge in [-0.2, -0.15) is 13.2 Å². The summed E-state index contributed by atoms with van der Waals surface area (Å²) < 4.78 is 39.4. The molecule has 1 heterocycles. The fourth-order valence-electron chi connectivity index (χ4n) is 1.77. The molecule has 0 aliphatic carbocycles. The predicted octanol–water partition coefficient (Wildman–Crippen LogP) is 3.39. The van der Waals surface area contributed by atoms with Crippen LogP contribution in [0, 0.1) is 6.92 Å². The highest BCUT2D eigenvalue weighted by atomic mass is 32.2. The van der Waals surface area contributed by atoms with E-state index in [9.17, 15) is 13.2 Å². The Bertz CT molecular complexity index is 610. The van der Waals surface area contributed by atoms with Crippen LogP contribution in [0.5, 0.6) is 0 Å². The Balaban J connectivity index is 2.28. The third-order valence-electron chi connectivity index (χ3n) is 2.74. The van der Waals surface area contributed by atoms with Crippen molar-refractivity contribution in [2.45, 2.75) is 36.6 Å². The number of hydrogen-bond acceptors (Lipinski definition) is 4. The molecule has 21 heavy (non-hydrogen) atoms. The van der Waals surface area contributed by atoms with E-state index >= 15 is 0 Å². The summed E-state index contributed by atoms with van der Waals surface area (Å²) in [5.74, 6) is 0.623. The molecule has 1 aromatic heterocycles. The molecule has 0 saturated carbocycles. The van der Waals surface area contributed by atoms with E-state index in [0.29, 0.717) is 22.4 Å². The van der Waals surface area contributed by atoms with E-state index in [4.69, 9.17) is 0 Å². The number of nitrogens with one attached hydrogen (secondary N) is 2. The molecule has 8 heteroatoms. The standard InChI is InChI=1S/C13H15F3N4S/c1-3-17-7-9-4-5-10(6-11(9)13(14,15)16)21-12-18-8(2)19-20-12/h4-6,17H,3,7H2,1-2H3,(H,18,19,20). The van der Waals surface area contributed by atoms with Crippen LogP contribution in [0.15, 0.2) is 28.3 Å². The van der Waals surface area contributed by atoms with Gasteiger partial charge in [-0.3, -0.25) is 5.10 Å². The molecule has 2 aromatic rings. The van der Waals surface area contributed by atoms with Crippen molar-refractivity contribution >= 4 is 11.8 Å². The van der Waals surface area contributed by atoms with Crippen molar-refractivity contribution in [3.63, 3.8) is 0 Å². The molecule has 0 unspecified atom stereocenters. The van der Waals surface area contributed by atoms with Crippen molar-refractivity contribution in [3.05, 3.63) is 35.2 Å². The number of aromatic nitrogens is 3. The first-order valence-electron chi connectivity index (χ1n) is 6.38. The molecule has 0 atom stereocenters. The van der Waals surface area contributed by atoms with Gasteiger partial charge in [-0.05, 0) is 42.9 Å². The molecule has 0 spiro atoms. The fraction of sp³-hybridized carbons (Fsp3) is 0.385. The number of alkyl halides is 3. The molecule has 0 aliphatic heterocycles. The van der Waals surface area contributed by atoms with Gasteiger partial charge in [0.15, 0.2) is 0 Å². The van der Waals surface area contributed by atoms with Gasteiger partial charge in [0.25, 0.3) is 0 Å². The van der Waals surface area contributed by atoms with Gasteiger partial charge < -0.3 is 5.32 Å². The van der Waals surface area contributed by atoms with Gasteiger partial charge in [-0.1, -0.05) is 13.0 Å². The molecular formula is C13H15F3N4S. The summed E-state index contributed by atoms with van der Waals surface area (Å²) in [6.45, 7) is 4.39. The maximum atomic E-state index is 13.1. The zero-order valence-electron chi connectivity index (χ0n) is 11.6. The Hall–Kier alpha value is -1.54. The topological polar surface area (TPSA) is 53.6 Å². The second kappa shape index (κ2) is 6.48. The Morgan fingerprint density at radius 3 is 2.67 bits per heavy atom. The van der Waals surface area contributed by atoms with Crippen molar-refractivity contribution < 1.29 is 13.2 Å². The van der Waals surface area contributed by atoms with Crippen LogP contribution >= 0.6 is 11.8 Å². The quantitative estimate of drug-likeness (QED) is 0.888. The highest BCUT2D eigenvalue weighted by molar-refractivity contribution is 7.99. The number of H-pyrrole nitrogens is 1. The Kier molecular flexibility index (Phi) is 4.89. The van der Waals surface area contributed by atoms with Crippen LogP contribution in [-0.4, -0.2) is 21.7 Å². The third-order valence-corrected chi connectivity index (χ3v) is 3.59. The van der Waals surface area contributed by atoms with Gasteiger partial charge in [0.2, 0.25) is 5.16 Å². The smallest absolute Gasteiger partial charge is 0.313 e. The number of rotatable bonds is 5. The van der Waals surface area contributed by atoms with Gasteiger partial charge in [0.1, 0.15) is 5.82 Å². The van der Waals surface area contributed by atoms with E-state index in [2.05, 4.69) is 20.5 Å². The Labute approximate surface area is 124 Å². The Morgan fingerprint density at radius 2 is 2.10 bits per heavy atom. The van der Waals surface area contributed by atoms with E-state index in [1.165, 1.54) is 6.07 Å². The number of halogens is 3. The summed E-state index contributed by atoms with van der Waals surface area (Å²) in [5, 5.41) is 9.88. The average molecular weight is 316 g/mol. The Morgan fingerprint density at radius 1 is 1.33 bits per heavy atom. The molecule has 0 amide bonds. The lowest BCUT2D eigenvalue weighted by molar-refractivity contribution is -0.138. The van der Waals surface area contributed by atoms with Crippen LogP contribution in [0.2, 0.25) is 0 Å². The number of nitrogens with zero attached hydrogens (tertiary/aromatic N) is 2. The van der Waals surface area contributed by atoms with Crippen LogP contribution in [0.25, 0.3) is 0 Å². The van der Waals surface area contributed by atoms with E-state index in [1.54, 1.807) is 13.0 Å². The highest BCUT2D eigenvalue weighted by Crippen LogP contribution is 2.36. The van der Waals surface area contributed by atoms with Crippen LogP contribution in [0.3, 0.4) is 0 Å². The summed E-state index contributed by atoms with van der Waals surface area (Å²) in [4.78, 5) is 4.53. The molecule has 0 bridgehead atoms. The lowest BCUT2D eigenvalue weighted by Gasteiger charge is -2.14. The monoisotopic (exact) mass is 316 g/mol. The van der Waals surface area contributed by atoms with Crippen molar-refractivity contribution in [2.75, 3.05) is 6.54 Å². The minimum Gasteiger partial charge on any atom is -0.313 e. The summed E-state index contributed by atoms with van der Waals surface area (Å²) >= 11 is 1.10. The van der Waals surface area contributed by atoms with Crippen LogP contribution < -0.4 is 5.32 Å². The third kappa shape index (κ3) is 4.21. The lowest BCUT2D eigenvalue weighted by Crippen LogP contribution is -2.17.